The smallest absolute Gasteiger partial charge is 0.248 e. The van der Waals surface area contributed by atoms with Crippen LogP contribution in [0.15, 0.2) is 24.3 Å². The topological polar surface area (TPSA) is 66.6 Å². The van der Waals surface area contributed by atoms with E-state index in [0.29, 0.717) is 18.2 Å². The molecule has 1 aliphatic carbocycles. The minimum atomic E-state index is -0.391. The Morgan fingerprint density at radius 1 is 1.30 bits per heavy atom. The molecular formula is C16H24N2O2. The van der Waals surface area contributed by atoms with Crippen LogP contribution in [-0.4, -0.2) is 35.1 Å². The first-order chi connectivity index (χ1) is 9.70. The van der Waals surface area contributed by atoms with Crippen LogP contribution in [0, 0.1) is 0 Å². The van der Waals surface area contributed by atoms with Crippen molar-refractivity contribution in [1.82, 2.24) is 4.90 Å². The summed E-state index contributed by atoms with van der Waals surface area (Å²) in [4.78, 5) is 13.6. The molecule has 0 radical (unpaired) electrons. The van der Waals surface area contributed by atoms with Crippen LogP contribution in [0.3, 0.4) is 0 Å². The van der Waals surface area contributed by atoms with Gasteiger partial charge >= 0.3 is 0 Å². The monoisotopic (exact) mass is 276 g/mol. The molecule has 0 aromatic heterocycles. The minimum Gasteiger partial charge on any atom is -0.395 e. The molecule has 3 N–H and O–H groups in total. The predicted molar refractivity (Wildman–Crippen MR) is 79.3 cm³/mol. The van der Waals surface area contributed by atoms with Gasteiger partial charge in [-0.3, -0.25) is 9.69 Å². The molecule has 0 unspecified atom stereocenters. The SMILES string of the molecule is NC(=O)c1cccc(CN(CCO)C2CCCCC2)c1. The van der Waals surface area contributed by atoms with Crippen LogP contribution >= 0.6 is 0 Å². The normalized spacial score (nSPS) is 16.5. The van der Waals surface area contributed by atoms with Crippen LogP contribution in [0.2, 0.25) is 0 Å². The first kappa shape index (κ1) is 15.0. The fraction of sp³-hybridized carbons (Fsp3) is 0.562. The third-order valence-electron chi connectivity index (χ3n) is 4.08. The number of nitrogens with two attached hydrogens (primary N) is 1. The highest BCUT2D eigenvalue weighted by Crippen LogP contribution is 2.24. The molecule has 2 rings (SSSR count). The lowest BCUT2D eigenvalue weighted by molar-refractivity contribution is 0.0999. The lowest BCUT2D eigenvalue weighted by atomic mass is 9.93. The van der Waals surface area contributed by atoms with Crippen molar-refractivity contribution < 1.29 is 9.90 Å². The molecule has 1 aromatic carbocycles. The van der Waals surface area contributed by atoms with Gasteiger partial charge in [-0.2, -0.15) is 0 Å². The van der Waals surface area contributed by atoms with Crippen LogP contribution in [-0.2, 0) is 6.54 Å². The molecule has 1 fully saturated rings. The van der Waals surface area contributed by atoms with E-state index in [1.54, 1.807) is 6.07 Å². The van der Waals surface area contributed by atoms with Crippen LogP contribution in [0.4, 0.5) is 0 Å². The summed E-state index contributed by atoms with van der Waals surface area (Å²) < 4.78 is 0. The zero-order valence-corrected chi connectivity index (χ0v) is 11.9. The lowest BCUT2D eigenvalue weighted by Gasteiger charge is -2.34. The number of carbonyl (C=O) groups excluding carboxylic acids is 1. The number of benzene rings is 1. The summed E-state index contributed by atoms with van der Waals surface area (Å²) in [5, 5.41) is 9.27. The Morgan fingerprint density at radius 2 is 2.05 bits per heavy atom. The van der Waals surface area contributed by atoms with E-state index in [4.69, 9.17) is 5.73 Å². The number of rotatable bonds is 6. The van der Waals surface area contributed by atoms with Gasteiger partial charge in [-0.25, -0.2) is 0 Å². The van der Waals surface area contributed by atoms with Gasteiger partial charge in [0.1, 0.15) is 0 Å². The molecular weight excluding hydrogens is 252 g/mol. The van der Waals surface area contributed by atoms with E-state index in [1.165, 1.54) is 32.1 Å². The van der Waals surface area contributed by atoms with Crippen molar-refractivity contribution in [2.75, 3.05) is 13.2 Å². The lowest BCUT2D eigenvalue weighted by Crippen LogP contribution is -2.38. The second-order valence-electron chi connectivity index (χ2n) is 5.55. The van der Waals surface area contributed by atoms with Crippen LogP contribution in [0.5, 0.6) is 0 Å². The average molecular weight is 276 g/mol. The number of aliphatic hydroxyl groups is 1. The van der Waals surface area contributed by atoms with Crippen molar-refractivity contribution in [2.45, 2.75) is 44.7 Å². The Hall–Kier alpha value is -1.39. The molecule has 1 saturated carbocycles. The Balaban J connectivity index is 2.06. The standard InChI is InChI=1S/C16H24N2O2/c17-16(20)14-6-4-5-13(11-14)12-18(9-10-19)15-7-2-1-3-8-15/h4-6,11,15,19H,1-3,7-10,12H2,(H2,17,20). The molecule has 1 aromatic rings. The zero-order valence-electron chi connectivity index (χ0n) is 11.9. The predicted octanol–water partition coefficient (Wildman–Crippen LogP) is 1.91. The van der Waals surface area contributed by atoms with E-state index in [-0.39, 0.29) is 6.61 Å². The highest BCUT2D eigenvalue weighted by molar-refractivity contribution is 5.92. The number of amides is 1. The van der Waals surface area contributed by atoms with Crippen molar-refractivity contribution in [1.29, 1.82) is 0 Å². The van der Waals surface area contributed by atoms with E-state index in [1.807, 2.05) is 18.2 Å². The summed E-state index contributed by atoms with van der Waals surface area (Å²) in [6, 6.07) is 8.03. The molecule has 4 heteroatoms. The fourth-order valence-electron chi connectivity index (χ4n) is 3.02. The summed E-state index contributed by atoms with van der Waals surface area (Å²) in [5.41, 5.74) is 6.96. The molecule has 0 spiro atoms. The van der Waals surface area contributed by atoms with Gasteiger partial charge in [-0.05, 0) is 30.5 Å². The van der Waals surface area contributed by atoms with Crippen molar-refractivity contribution in [3.05, 3.63) is 35.4 Å². The van der Waals surface area contributed by atoms with E-state index >= 15 is 0 Å². The second-order valence-corrected chi connectivity index (χ2v) is 5.55. The van der Waals surface area contributed by atoms with E-state index in [2.05, 4.69) is 4.90 Å². The Morgan fingerprint density at radius 3 is 2.70 bits per heavy atom. The van der Waals surface area contributed by atoms with E-state index < -0.39 is 5.91 Å². The highest BCUT2D eigenvalue weighted by Gasteiger charge is 2.20. The quantitative estimate of drug-likeness (QED) is 0.834. The van der Waals surface area contributed by atoms with Gasteiger partial charge in [0.15, 0.2) is 0 Å². The Kier molecular flexibility index (Phi) is 5.56. The van der Waals surface area contributed by atoms with Crippen molar-refractivity contribution in [3.63, 3.8) is 0 Å². The first-order valence-corrected chi connectivity index (χ1v) is 7.44. The fourth-order valence-corrected chi connectivity index (χ4v) is 3.02. The largest absolute Gasteiger partial charge is 0.395 e. The van der Waals surface area contributed by atoms with Crippen molar-refractivity contribution >= 4 is 5.91 Å². The van der Waals surface area contributed by atoms with Crippen molar-refractivity contribution in [3.8, 4) is 0 Å². The summed E-state index contributed by atoms with van der Waals surface area (Å²) in [7, 11) is 0. The zero-order chi connectivity index (χ0) is 14.4. The number of primary amides is 1. The number of hydrogen-bond donors (Lipinski definition) is 2. The molecule has 0 saturated heterocycles. The van der Waals surface area contributed by atoms with Gasteiger partial charge in [-0.15, -0.1) is 0 Å². The number of carbonyl (C=O) groups is 1. The molecule has 1 amide bonds. The summed E-state index contributed by atoms with van der Waals surface area (Å²) in [6.45, 7) is 1.63. The summed E-state index contributed by atoms with van der Waals surface area (Å²) >= 11 is 0. The third kappa shape index (κ3) is 4.05. The summed E-state index contributed by atoms with van der Waals surface area (Å²) in [5.74, 6) is -0.391. The number of nitrogens with zero attached hydrogens (tertiary/aromatic N) is 1. The maximum absolute atomic E-state index is 11.2. The minimum absolute atomic E-state index is 0.173. The average Bonchev–Trinajstić information content (AvgIpc) is 2.48. The molecule has 0 atom stereocenters. The van der Waals surface area contributed by atoms with Crippen LogP contribution < -0.4 is 5.73 Å². The maximum Gasteiger partial charge on any atom is 0.248 e. The molecule has 4 nitrogen and oxygen atoms in total. The molecule has 0 heterocycles. The Labute approximate surface area is 120 Å². The van der Waals surface area contributed by atoms with E-state index in [9.17, 15) is 9.90 Å². The van der Waals surface area contributed by atoms with Gasteiger partial charge in [0.25, 0.3) is 0 Å². The molecule has 1 aliphatic rings. The summed E-state index contributed by atoms with van der Waals surface area (Å²) in [6.07, 6.45) is 6.27. The molecule has 0 bridgehead atoms. The van der Waals surface area contributed by atoms with Crippen molar-refractivity contribution in [2.24, 2.45) is 5.73 Å². The first-order valence-electron chi connectivity index (χ1n) is 7.44. The molecule has 20 heavy (non-hydrogen) atoms. The highest BCUT2D eigenvalue weighted by atomic mass is 16.3. The third-order valence-corrected chi connectivity index (χ3v) is 4.08. The van der Waals surface area contributed by atoms with Gasteiger partial charge in [0, 0.05) is 24.7 Å². The van der Waals surface area contributed by atoms with Gasteiger partial charge < -0.3 is 10.8 Å². The Bertz CT molecular complexity index is 442. The number of hydrogen-bond acceptors (Lipinski definition) is 3. The van der Waals surface area contributed by atoms with Gasteiger partial charge in [-0.1, -0.05) is 31.4 Å². The van der Waals surface area contributed by atoms with E-state index in [0.717, 1.165) is 12.1 Å². The molecule has 110 valence electrons. The van der Waals surface area contributed by atoms with Gasteiger partial charge in [0.2, 0.25) is 5.91 Å². The maximum atomic E-state index is 11.2. The van der Waals surface area contributed by atoms with Crippen LogP contribution in [0.25, 0.3) is 0 Å². The number of aliphatic hydroxyl groups excluding tert-OH is 1. The second kappa shape index (κ2) is 7.41. The molecule has 0 aliphatic heterocycles. The van der Waals surface area contributed by atoms with Gasteiger partial charge in [0.05, 0.1) is 6.61 Å². The van der Waals surface area contributed by atoms with Crippen LogP contribution in [0.1, 0.15) is 48.0 Å².